The monoisotopic (exact) mass is 430 g/mol. The molecule has 5 nitrogen and oxygen atoms in total. The van der Waals surface area contributed by atoms with Crippen molar-refractivity contribution in [3.05, 3.63) is 70.2 Å². The summed E-state index contributed by atoms with van der Waals surface area (Å²) >= 11 is 6.05. The fourth-order valence-corrected chi connectivity index (χ4v) is 4.02. The van der Waals surface area contributed by atoms with E-state index in [-0.39, 0.29) is 29.9 Å². The standard InChI is InChI=1S/C23H24ClFN2O3/c1-15-19-12-18(25)6-7-22(19)30-23(15)21(28)14-26-13-20(27-8-10-29-11-9-27)16-2-4-17(24)5-3-16/h2-7,12,20,26H,8-11,13-14H2,1H3. The van der Waals surface area contributed by atoms with E-state index in [0.29, 0.717) is 41.3 Å². The maximum Gasteiger partial charge on any atom is 0.212 e. The summed E-state index contributed by atoms with van der Waals surface area (Å²) in [5, 5.41) is 4.60. The van der Waals surface area contributed by atoms with Crippen LogP contribution in [0, 0.1) is 12.7 Å². The van der Waals surface area contributed by atoms with Crippen LogP contribution in [0.15, 0.2) is 46.9 Å². The molecule has 0 aliphatic carbocycles. The summed E-state index contributed by atoms with van der Waals surface area (Å²) in [4.78, 5) is 15.1. The Morgan fingerprint density at radius 2 is 1.93 bits per heavy atom. The predicted molar refractivity (Wildman–Crippen MR) is 115 cm³/mol. The van der Waals surface area contributed by atoms with E-state index in [1.807, 2.05) is 24.3 Å². The van der Waals surface area contributed by atoms with Crippen LogP contribution >= 0.6 is 11.6 Å². The molecular formula is C23H24ClFN2O3. The van der Waals surface area contributed by atoms with Crippen molar-refractivity contribution < 1.29 is 18.3 Å². The number of fused-ring (bicyclic) bond motifs is 1. The molecule has 1 aliphatic heterocycles. The third kappa shape index (κ3) is 4.57. The molecular weight excluding hydrogens is 407 g/mol. The Kier molecular flexibility index (Phi) is 6.49. The number of halogens is 2. The van der Waals surface area contributed by atoms with Crippen LogP contribution in [0.25, 0.3) is 11.0 Å². The van der Waals surface area contributed by atoms with Gasteiger partial charge < -0.3 is 14.5 Å². The number of nitrogens with zero attached hydrogens (tertiary/aromatic N) is 1. The molecule has 1 aliphatic rings. The molecule has 1 unspecified atom stereocenters. The first-order chi connectivity index (χ1) is 14.5. The summed E-state index contributed by atoms with van der Waals surface area (Å²) in [6.45, 7) is 5.56. The van der Waals surface area contributed by atoms with E-state index in [9.17, 15) is 9.18 Å². The lowest BCUT2D eigenvalue weighted by molar-refractivity contribution is 0.0162. The number of hydrogen-bond acceptors (Lipinski definition) is 5. The minimum Gasteiger partial charge on any atom is -0.453 e. The van der Waals surface area contributed by atoms with Gasteiger partial charge in [-0.25, -0.2) is 4.39 Å². The number of hydrogen-bond donors (Lipinski definition) is 1. The van der Waals surface area contributed by atoms with E-state index in [0.717, 1.165) is 18.7 Å². The SMILES string of the molecule is Cc1c(C(=O)CNCC(c2ccc(Cl)cc2)N2CCOCC2)oc2ccc(F)cc12. The quantitative estimate of drug-likeness (QED) is 0.564. The first kappa shape index (κ1) is 21.0. The van der Waals surface area contributed by atoms with Crippen LogP contribution in [0.5, 0.6) is 0 Å². The number of aryl methyl sites for hydroxylation is 1. The Hall–Kier alpha value is -2.25. The van der Waals surface area contributed by atoms with E-state index in [2.05, 4.69) is 10.2 Å². The highest BCUT2D eigenvalue weighted by Crippen LogP contribution is 2.27. The second-order valence-corrected chi connectivity index (χ2v) is 7.90. The van der Waals surface area contributed by atoms with Gasteiger partial charge in [-0.1, -0.05) is 23.7 Å². The Bertz CT molecular complexity index is 1030. The van der Waals surface area contributed by atoms with Gasteiger partial charge in [0.25, 0.3) is 0 Å². The number of furan rings is 1. The number of carbonyl (C=O) groups is 1. The van der Waals surface area contributed by atoms with Crippen molar-refractivity contribution in [3.63, 3.8) is 0 Å². The maximum absolute atomic E-state index is 13.5. The number of Topliss-reactive ketones (excluding diaryl/α,β-unsaturated/α-hetero) is 1. The van der Waals surface area contributed by atoms with Crippen molar-refractivity contribution >= 4 is 28.4 Å². The molecule has 7 heteroatoms. The molecule has 0 radical (unpaired) electrons. The number of nitrogens with one attached hydrogen (secondary N) is 1. The maximum atomic E-state index is 13.5. The van der Waals surface area contributed by atoms with Crippen LogP contribution in [-0.2, 0) is 4.74 Å². The van der Waals surface area contributed by atoms with Crippen LogP contribution in [0.1, 0.15) is 27.7 Å². The highest BCUT2D eigenvalue weighted by molar-refractivity contribution is 6.30. The van der Waals surface area contributed by atoms with Crippen molar-refractivity contribution in [1.82, 2.24) is 10.2 Å². The van der Waals surface area contributed by atoms with Crippen molar-refractivity contribution in [1.29, 1.82) is 0 Å². The lowest BCUT2D eigenvalue weighted by Gasteiger charge is -2.35. The van der Waals surface area contributed by atoms with Crippen LogP contribution in [0.4, 0.5) is 4.39 Å². The van der Waals surface area contributed by atoms with Crippen LogP contribution < -0.4 is 5.32 Å². The topological polar surface area (TPSA) is 54.7 Å². The van der Waals surface area contributed by atoms with E-state index < -0.39 is 0 Å². The molecule has 1 fully saturated rings. The summed E-state index contributed by atoms with van der Waals surface area (Å²) in [7, 11) is 0. The van der Waals surface area contributed by atoms with Crippen molar-refractivity contribution in [2.75, 3.05) is 39.4 Å². The van der Waals surface area contributed by atoms with Gasteiger partial charge in [-0.3, -0.25) is 9.69 Å². The van der Waals surface area contributed by atoms with Gasteiger partial charge in [0.05, 0.1) is 19.8 Å². The average Bonchev–Trinajstić information content (AvgIpc) is 3.08. The van der Waals surface area contributed by atoms with Gasteiger partial charge in [-0.15, -0.1) is 0 Å². The zero-order valence-corrected chi connectivity index (χ0v) is 17.5. The third-order valence-electron chi connectivity index (χ3n) is 5.52. The first-order valence-corrected chi connectivity index (χ1v) is 10.4. The molecule has 0 bridgehead atoms. The number of carbonyl (C=O) groups excluding carboxylic acids is 1. The summed E-state index contributed by atoms with van der Waals surface area (Å²) in [5.74, 6) is -0.224. The Morgan fingerprint density at radius 1 is 1.20 bits per heavy atom. The predicted octanol–water partition coefficient (Wildman–Crippen LogP) is 4.38. The minimum atomic E-state index is -0.347. The summed E-state index contributed by atoms with van der Waals surface area (Å²) in [6.07, 6.45) is 0. The molecule has 4 rings (SSSR count). The van der Waals surface area contributed by atoms with E-state index in [1.165, 1.54) is 12.1 Å². The second-order valence-electron chi connectivity index (χ2n) is 7.47. The van der Waals surface area contributed by atoms with Gasteiger partial charge in [0.2, 0.25) is 5.78 Å². The highest BCUT2D eigenvalue weighted by atomic mass is 35.5. The highest BCUT2D eigenvalue weighted by Gasteiger charge is 2.23. The molecule has 0 amide bonds. The molecule has 1 N–H and O–H groups in total. The number of benzene rings is 2. The van der Waals surface area contributed by atoms with Crippen LogP contribution in [0.2, 0.25) is 5.02 Å². The third-order valence-corrected chi connectivity index (χ3v) is 5.77. The van der Waals surface area contributed by atoms with Crippen molar-refractivity contribution in [3.8, 4) is 0 Å². The average molecular weight is 431 g/mol. The number of morpholine rings is 1. The lowest BCUT2D eigenvalue weighted by Crippen LogP contribution is -2.43. The summed E-state index contributed by atoms with van der Waals surface area (Å²) in [6, 6.07) is 12.2. The lowest BCUT2D eigenvalue weighted by atomic mass is 10.0. The fraction of sp³-hybridized carbons (Fsp3) is 0.348. The van der Waals surface area contributed by atoms with E-state index >= 15 is 0 Å². The Labute approximate surface area is 179 Å². The molecule has 158 valence electrons. The molecule has 2 aromatic carbocycles. The second kappa shape index (κ2) is 9.27. The molecule has 2 heterocycles. The van der Waals surface area contributed by atoms with Gasteiger partial charge in [0.1, 0.15) is 11.4 Å². The normalized spacial score (nSPS) is 16.1. The summed E-state index contributed by atoms with van der Waals surface area (Å²) in [5.41, 5.74) is 2.32. The molecule has 30 heavy (non-hydrogen) atoms. The molecule has 1 saturated heterocycles. The minimum absolute atomic E-state index is 0.102. The van der Waals surface area contributed by atoms with Crippen LogP contribution in [-0.4, -0.2) is 50.1 Å². The fourth-order valence-electron chi connectivity index (χ4n) is 3.89. The Balaban J connectivity index is 1.45. The smallest absolute Gasteiger partial charge is 0.212 e. The zero-order valence-electron chi connectivity index (χ0n) is 16.8. The molecule has 1 aromatic heterocycles. The molecule has 1 atom stereocenters. The largest absolute Gasteiger partial charge is 0.453 e. The van der Waals surface area contributed by atoms with Gasteiger partial charge in [-0.2, -0.15) is 0 Å². The molecule has 3 aromatic rings. The first-order valence-electron chi connectivity index (χ1n) is 10.0. The van der Waals surface area contributed by atoms with Crippen molar-refractivity contribution in [2.45, 2.75) is 13.0 Å². The summed E-state index contributed by atoms with van der Waals surface area (Å²) < 4.78 is 24.7. The number of ether oxygens (including phenoxy) is 1. The van der Waals surface area contributed by atoms with Crippen LogP contribution in [0.3, 0.4) is 0 Å². The van der Waals surface area contributed by atoms with Crippen molar-refractivity contribution in [2.24, 2.45) is 0 Å². The van der Waals surface area contributed by atoms with Gasteiger partial charge in [-0.05, 0) is 42.8 Å². The van der Waals surface area contributed by atoms with Gasteiger partial charge >= 0.3 is 0 Å². The molecule has 0 spiro atoms. The van der Waals surface area contributed by atoms with E-state index in [4.69, 9.17) is 20.8 Å². The molecule has 0 saturated carbocycles. The van der Waals surface area contributed by atoms with Gasteiger partial charge in [0.15, 0.2) is 5.76 Å². The van der Waals surface area contributed by atoms with Gasteiger partial charge in [0, 0.05) is 41.6 Å². The number of rotatable bonds is 7. The number of ketones is 1. The van der Waals surface area contributed by atoms with E-state index in [1.54, 1.807) is 13.0 Å². The Morgan fingerprint density at radius 3 is 2.67 bits per heavy atom. The zero-order chi connectivity index (χ0) is 21.1.